The quantitative estimate of drug-likeness (QED) is 0.608. The van der Waals surface area contributed by atoms with Gasteiger partial charge in [0.15, 0.2) is 17.3 Å². The van der Waals surface area contributed by atoms with Gasteiger partial charge in [0.2, 0.25) is 5.43 Å². The molecule has 2 fully saturated rings. The number of hydrogen-bond donors (Lipinski definition) is 2. The van der Waals surface area contributed by atoms with E-state index in [4.69, 9.17) is 4.74 Å². The summed E-state index contributed by atoms with van der Waals surface area (Å²) in [6.07, 6.45) is 2.76. The Hall–Kier alpha value is -2.83. The van der Waals surface area contributed by atoms with E-state index >= 15 is 4.39 Å². The summed E-state index contributed by atoms with van der Waals surface area (Å²) in [4.78, 5) is 16.0. The third kappa shape index (κ3) is 2.97. The number of anilines is 1. The summed E-state index contributed by atoms with van der Waals surface area (Å²) in [5, 5.41) is 23.5. The number of methoxy groups -OCH3 is 1. The van der Waals surface area contributed by atoms with Gasteiger partial charge in [-0.1, -0.05) is 0 Å². The molecule has 1 saturated heterocycles. The second kappa shape index (κ2) is 7.64. The molecule has 32 heavy (non-hydrogen) atoms. The van der Waals surface area contributed by atoms with Crippen LogP contribution in [0.3, 0.4) is 0 Å². The van der Waals surface area contributed by atoms with Gasteiger partial charge < -0.3 is 24.6 Å². The average molecular weight is 457 g/mol. The molecule has 0 spiro atoms. The van der Waals surface area contributed by atoms with Gasteiger partial charge in [0, 0.05) is 25.2 Å². The Morgan fingerprint density at radius 3 is 2.78 bits per heavy atom. The number of ether oxygens (including phenoxy) is 1. The van der Waals surface area contributed by atoms with Crippen molar-refractivity contribution in [3.63, 3.8) is 0 Å². The Labute approximate surface area is 188 Å². The fraction of sp³-hybridized carbons (Fsp3) is 0.478. The van der Waals surface area contributed by atoms with Crippen LogP contribution in [0.2, 0.25) is 0 Å². The Balaban J connectivity index is 1.82. The predicted octanol–water partition coefficient (Wildman–Crippen LogP) is 3.71. The van der Waals surface area contributed by atoms with Crippen molar-refractivity contribution >= 4 is 38.1 Å². The van der Waals surface area contributed by atoms with E-state index in [1.54, 1.807) is 0 Å². The topological polar surface area (TPSA) is 90.5 Å². The van der Waals surface area contributed by atoms with Gasteiger partial charge in [-0.05, 0) is 45.2 Å². The number of nitriles is 1. The van der Waals surface area contributed by atoms with Crippen LogP contribution in [0, 0.1) is 23.1 Å². The number of pyridine rings is 1. The molecular weight excluding hydrogens is 431 g/mol. The van der Waals surface area contributed by atoms with Gasteiger partial charge in [0.25, 0.3) is 0 Å². The van der Waals surface area contributed by atoms with Crippen LogP contribution in [-0.2, 0) is 0 Å². The lowest BCUT2D eigenvalue weighted by Gasteiger charge is -2.25. The highest BCUT2D eigenvalue weighted by atomic mass is 32.1. The number of halogens is 1. The number of nitrogens with zero attached hydrogens (tertiary/aromatic N) is 3. The molecule has 2 aliphatic rings. The van der Waals surface area contributed by atoms with Crippen molar-refractivity contribution in [3.05, 3.63) is 27.0 Å². The van der Waals surface area contributed by atoms with Crippen LogP contribution >= 0.6 is 11.3 Å². The van der Waals surface area contributed by atoms with E-state index in [1.807, 2.05) is 22.6 Å². The first kappa shape index (κ1) is 21.0. The molecule has 2 aromatic heterocycles. The summed E-state index contributed by atoms with van der Waals surface area (Å²) in [5.74, 6) is -0.114. The highest BCUT2D eigenvalue weighted by molar-refractivity contribution is 7.19. The Morgan fingerprint density at radius 1 is 1.41 bits per heavy atom. The smallest absolute Gasteiger partial charge is 0.202 e. The highest BCUT2D eigenvalue weighted by Crippen LogP contribution is 2.48. The molecule has 3 aromatic rings. The molecule has 3 heterocycles. The van der Waals surface area contributed by atoms with Crippen LogP contribution in [0.4, 0.5) is 10.1 Å². The molecule has 7 nitrogen and oxygen atoms in total. The predicted molar refractivity (Wildman–Crippen MR) is 124 cm³/mol. The summed E-state index contributed by atoms with van der Waals surface area (Å²) >= 11 is 1.10. The van der Waals surface area contributed by atoms with Crippen LogP contribution in [-0.4, -0.2) is 43.0 Å². The third-order valence-corrected chi connectivity index (χ3v) is 7.98. The number of aromatic hydroxyl groups is 1. The number of hydrogen-bond acceptors (Lipinski definition) is 7. The molecule has 1 aliphatic carbocycles. The standard InChI is InChI=1S/C23H25FN4O3S/c1-11(26-2)12-6-7-27(10-12)19-15(24)8-14-18(22(19)31-3)28(13-4-5-13)23-17(20(14)29)21(30)16(9-25)32-23/h8,11-13,26,30H,4-7,10H2,1-3H3/t11-,12+/m1/s1. The molecule has 168 valence electrons. The maximum absolute atomic E-state index is 15.5. The van der Waals surface area contributed by atoms with Crippen LogP contribution in [0.5, 0.6) is 11.5 Å². The van der Waals surface area contributed by atoms with Gasteiger partial charge in [-0.2, -0.15) is 5.26 Å². The summed E-state index contributed by atoms with van der Waals surface area (Å²) in [7, 11) is 3.43. The molecule has 2 atom stereocenters. The average Bonchev–Trinajstić information content (AvgIpc) is 3.41. The third-order valence-electron chi connectivity index (χ3n) is 6.90. The van der Waals surface area contributed by atoms with E-state index in [0.717, 1.165) is 30.6 Å². The van der Waals surface area contributed by atoms with Gasteiger partial charge >= 0.3 is 0 Å². The lowest BCUT2D eigenvalue weighted by atomic mass is 10.0. The van der Waals surface area contributed by atoms with E-state index in [1.165, 1.54) is 13.2 Å². The second-order valence-electron chi connectivity index (χ2n) is 8.71. The van der Waals surface area contributed by atoms with Crippen LogP contribution in [0.15, 0.2) is 10.9 Å². The van der Waals surface area contributed by atoms with Gasteiger partial charge in [-0.25, -0.2) is 4.39 Å². The van der Waals surface area contributed by atoms with Crippen molar-refractivity contribution in [1.82, 2.24) is 9.88 Å². The number of fused-ring (bicyclic) bond motifs is 2. The van der Waals surface area contributed by atoms with Crippen molar-refractivity contribution in [2.24, 2.45) is 5.92 Å². The van der Waals surface area contributed by atoms with Gasteiger partial charge in [-0.3, -0.25) is 4.79 Å². The first-order valence-corrected chi connectivity index (χ1v) is 11.6. The summed E-state index contributed by atoms with van der Waals surface area (Å²) in [5.41, 5.74) is 0.439. The zero-order valence-electron chi connectivity index (χ0n) is 18.2. The monoisotopic (exact) mass is 456 g/mol. The maximum atomic E-state index is 15.5. The SMILES string of the molecule is CN[C@H](C)[C@H]1CCN(c2c(F)cc3c(=O)c4c(O)c(C#N)sc4n(C4CC4)c3c2OC)C1. The van der Waals surface area contributed by atoms with E-state index in [-0.39, 0.29) is 27.4 Å². The first-order valence-electron chi connectivity index (χ1n) is 10.8. The second-order valence-corrected chi connectivity index (χ2v) is 9.71. The molecule has 1 aromatic carbocycles. The number of benzene rings is 1. The van der Waals surface area contributed by atoms with Crippen LogP contribution in [0.25, 0.3) is 21.1 Å². The molecule has 9 heteroatoms. The van der Waals surface area contributed by atoms with Gasteiger partial charge in [-0.15, -0.1) is 11.3 Å². The van der Waals surface area contributed by atoms with E-state index < -0.39 is 11.2 Å². The number of thiophene rings is 1. The van der Waals surface area contributed by atoms with E-state index in [9.17, 15) is 15.2 Å². The minimum absolute atomic E-state index is 0.0873. The summed E-state index contributed by atoms with van der Waals surface area (Å²) < 4.78 is 23.3. The highest BCUT2D eigenvalue weighted by Gasteiger charge is 2.35. The van der Waals surface area contributed by atoms with Crippen molar-refractivity contribution in [1.29, 1.82) is 5.26 Å². The lowest BCUT2D eigenvalue weighted by Crippen LogP contribution is -2.33. The van der Waals surface area contributed by atoms with E-state index in [0.29, 0.717) is 46.8 Å². The molecule has 0 bridgehead atoms. The van der Waals surface area contributed by atoms with Crippen molar-refractivity contribution in [3.8, 4) is 17.6 Å². The summed E-state index contributed by atoms with van der Waals surface area (Å²) in [6.45, 7) is 3.51. The Morgan fingerprint density at radius 2 is 2.16 bits per heavy atom. The zero-order chi connectivity index (χ0) is 22.7. The van der Waals surface area contributed by atoms with E-state index in [2.05, 4.69) is 12.2 Å². The zero-order valence-corrected chi connectivity index (χ0v) is 19.1. The van der Waals surface area contributed by atoms with Crippen molar-refractivity contribution in [2.45, 2.75) is 38.3 Å². The van der Waals surface area contributed by atoms with Gasteiger partial charge in [0.05, 0.1) is 18.0 Å². The Kier molecular flexibility index (Phi) is 5.02. The molecule has 0 radical (unpaired) electrons. The van der Waals surface area contributed by atoms with Crippen molar-refractivity contribution in [2.75, 3.05) is 32.1 Å². The minimum atomic E-state index is -0.513. The molecule has 0 amide bonds. The molecule has 0 unspecified atom stereocenters. The van der Waals surface area contributed by atoms with Gasteiger partial charge in [0.1, 0.15) is 26.9 Å². The first-order chi connectivity index (χ1) is 15.4. The molecular formula is C23H25FN4O3S. The van der Waals surface area contributed by atoms with Crippen LogP contribution in [0.1, 0.15) is 37.1 Å². The van der Waals surface area contributed by atoms with Crippen molar-refractivity contribution < 1.29 is 14.2 Å². The number of aromatic nitrogens is 1. The maximum Gasteiger partial charge on any atom is 0.202 e. The molecule has 1 saturated carbocycles. The fourth-order valence-electron chi connectivity index (χ4n) is 4.92. The fourth-order valence-corrected chi connectivity index (χ4v) is 5.99. The van der Waals surface area contributed by atoms with Crippen LogP contribution < -0.4 is 20.4 Å². The Bertz CT molecular complexity index is 1340. The minimum Gasteiger partial charge on any atom is -0.505 e. The normalized spacial score (nSPS) is 19.6. The molecule has 5 rings (SSSR count). The number of rotatable bonds is 5. The molecule has 1 aliphatic heterocycles. The number of nitrogens with one attached hydrogen (secondary N) is 1. The summed E-state index contributed by atoms with van der Waals surface area (Å²) in [6, 6.07) is 3.66. The lowest BCUT2D eigenvalue weighted by molar-refractivity contribution is 0.411. The molecule has 2 N–H and O–H groups in total. The largest absolute Gasteiger partial charge is 0.505 e.